The quantitative estimate of drug-likeness (QED) is 0.777. The van der Waals surface area contributed by atoms with Gasteiger partial charge in [0.2, 0.25) is 5.91 Å². The van der Waals surface area contributed by atoms with E-state index in [-0.39, 0.29) is 34.7 Å². The van der Waals surface area contributed by atoms with Crippen LogP contribution in [0.4, 0.5) is 10.1 Å². The number of halogens is 3. The van der Waals surface area contributed by atoms with Crippen LogP contribution in [-0.4, -0.2) is 17.0 Å². The van der Waals surface area contributed by atoms with Crippen LogP contribution in [0.1, 0.15) is 18.1 Å². The van der Waals surface area contributed by atoms with E-state index in [0.717, 1.165) is 0 Å². The lowest BCUT2D eigenvalue weighted by Crippen LogP contribution is -2.07. The normalized spacial score (nSPS) is 10.4. The van der Waals surface area contributed by atoms with Crippen LogP contribution >= 0.6 is 23.2 Å². The van der Waals surface area contributed by atoms with Gasteiger partial charge in [0.25, 0.3) is 0 Å². The number of aliphatic carboxylic acids is 1. The number of anilines is 1. The van der Waals surface area contributed by atoms with Crippen LogP contribution in [0.15, 0.2) is 30.3 Å². The fraction of sp³-hybridized carbons (Fsp3) is 0.176. The fourth-order valence-corrected chi connectivity index (χ4v) is 2.83. The van der Waals surface area contributed by atoms with Gasteiger partial charge in [0, 0.05) is 12.6 Å². The molecule has 2 rings (SSSR count). The molecule has 0 saturated carbocycles. The van der Waals surface area contributed by atoms with Gasteiger partial charge in [-0.15, -0.1) is 0 Å². The lowest BCUT2D eigenvalue weighted by Gasteiger charge is -2.12. The van der Waals surface area contributed by atoms with Crippen molar-refractivity contribution in [2.45, 2.75) is 20.0 Å². The third-order valence-corrected chi connectivity index (χ3v) is 3.64. The molecule has 0 bridgehead atoms. The average molecular weight is 386 g/mol. The van der Waals surface area contributed by atoms with Gasteiger partial charge in [0.1, 0.15) is 12.4 Å². The number of hydrogen-bond donors (Lipinski definition) is 2. The molecule has 132 valence electrons. The number of nitrogens with one attached hydrogen (secondary N) is 1. The highest BCUT2D eigenvalue weighted by Gasteiger charge is 2.12. The van der Waals surface area contributed by atoms with Crippen LogP contribution in [0.3, 0.4) is 0 Å². The van der Waals surface area contributed by atoms with Crippen LogP contribution in [0.25, 0.3) is 0 Å². The molecule has 0 heterocycles. The Morgan fingerprint density at radius 2 is 1.76 bits per heavy atom. The molecule has 0 spiro atoms. The zero-order valence-electron chi connectivity index (χ0n) is 13.1. The number of benzene rings is 2. The summed E-state index contributed by atoms with van der Waals surface area (Å²) in [6.07, 6.45) is -0.219. The van der Waals surface area contributed by atoms with Gasteiger partial charge in [0.15, 0.2) is 5.75 Å². The predicted octanol–water partition coefficient (Wildman–Crippen LogP) is 4.30. The molecule has 0 radical (unpaired) electrons. The number of carbonyl (C=O) groups is 2. The maximum Gasteiger partial charge on any atom is 0.307 e. The first-order valence-corrected chi connectivity index (χ1v) is 7.89. The van der Waals surface area contributed by atoms with Gasteiger partial charge in [-0.2, -0.15) is 0 Å². The molecule has 2 N–H and O–H groups in total. The predicted molar refractivity (Wildman–Crippen MR) is 92.8 cm³/mol. The zero-order chi connectivity index (χ0) is 18.6. The summed E-state index contributed by atoms with van der Waals surface area (Å²) in [5, 5.41) is 11.6. The highest BCUT2D eigenvalue weighted by Crippen LogP contribution is 2.35. The molecule has 5 nitrogen and oxygen atoms in total. The summed E-state index contributed by atoms with van der Waals surface area (Å²) in [5.74, 6) is -1.69. The van der Waals surface area contributed by atoms with E-state index in [1.54, 1.807) is 6.07 Å². The fourth-order valence-electron chi connectivity index (χ4n) is 2.19. The van der Waals surface area contributed by atoms with Crippen LogP contribution in [-0.2, 0) is 22.6 Å². The zero-order valence-corrected chi connectivity index (χ0v) is 14.6. The number of amides is 1. The second-order valence-corrected chi connectivity index (χ2v) is 6.09. The van der Waals surface area contributed by atoms with Crippen molar-refractivity contribution in [1.29, 1.82) is 0 Å². The molecule has 8 heteroatoms. The molecule has 0 fully saturated rings. The van der Waals surface area contributed by atoms with Gasteiger partial charge in [-0.05, 0) is 41.5 Å². The van der Waals surface area contributed by atoms with Gasteiger partial charge in [0.05, 0.1) is 16.5 Å². The first-order valence-electron chi connectivity index (χ1n) is 7.14. The third kappa shape index (κ3) is 5.62. The van der Waals surface area contributed by atoms with E-state index < -0.39 is 11.8 Å². The van der Waals surface area contributed by atoms with Gasteiger partial charge < -0.3 is 15.2 Å². The van der Waals surface area contributed by atoms with Gasteiger partial charge >= 0.3 is 5.97 Å². The molecular weight excluding hydrogens is 372 g/mol. The van der Waals surface area contributed by atoms with Crippen molar-refractivity contribution in [1.82, 2.24) is 0 Å². The van der Waals surface area contributed by atoms with E-state index in [1.165, 1.54) is 31.2 Å². The summed E-state index contributed by atoms with van der Waals surface area (Å²) in [6.45, 7) is 1.28. The molecule has 0 atom stereocenters. The Labute approximate surface area is 153 Å². The van der Waals surface area contributed by atoms with E-state index >= 15 is 0 Å². The van der Waals surface area contributed by atoms with E-state index in [1.807, 2.05) is 0 Å². The number of carbonyl (C=O) groups excluding carboxylic acids is 1. The van der Waals surface area contributed by atoms with Crippen molar-refractivity contribution in [3.8, 4) is 5.75 Å². The number of carboxylic acids is 1. The molecule has 0 aliphatic heterocycles. The maximum absolute atomic E-state index is 13.6. The van der Waals surface area contributed by atoms with Gasteiger partial charge in [-0.25, -0.2) is 4.39 Å². The van der Waals surface area contributed by atoms with E-state index in [9.17, 15) is 14.0 Å². The second-order valence-electron chi connectivity index (χ2n) is 5.28. The molecule has 1 amide bonds. The van der Waals surface area contributed by atoms with Crippen molar-refractivity contribution in [2.24, 2.45) is 0 Å². The largest absolute Gasteiger partial charge is 0.486 e. The second kappa shape index (κ2) is 8.18. The standard InChI is InChI=1S/C17H14Cl2FNO4/c1-9(22)21-13-3-11(2-12(20)7-13)8-25-17-14(18)4-10(5-15(17)19)6-16(23)24/h2-5,7H,6,8H2,1H3,(H,21,22)(H,23,24). The number of ether oxygens (including phenoxy) is 1. The highest BCUT2D eigenvalue weighted by atomic mass is 35.5. The van der Waals surface area contributed by atoms with Crippen molar-refractivity contribution in [2.75, 3.05) is 5.32 Å². The SMILES string of the molecule is CC(=O)Nc1cc(F)cc(COc2c(Cl)cc(CC(=O)O)cc2Cl)c1. The Hall–Kier alpha value is -2.31. The summed E-state index contributed by atoms with van der Waals surface area (Å²) in [5.41, 5.74) is 1.21. The van der Waals surface area contributed by atoms with Gasteiger partial charge in [-0.3, -0.25) is 9.59 Å². The molecule has 0 aliphatic carbocycles. The Bertz CT molecular complexity index is 803. The topological polar surface area (TPSA) is 75.6 Å². The lowest BCUT2D eigenvalue weighted by atomic mass is 10.1. The molecule has 0 saturated heterocycles. The van der Waals surface area contributed by atoms with Crippen LogP contribution in [0, 0.1) is 5.82 Å². The summed E-state index contributed by atoms with van der Waals surface area (Å²) in [6, 6.07) is 6.90. The van der Waals surface area contributed by atoms with Crippen molar-refractivity contribution >= 4 is 40.8 Å². The summed E-state index contributed by atoms with van der Waals surface area (Å²) >= 11 is 12.2. The Morgan fingerprint density at radius 1 is 1.12 bits per heavy atom. The molecule has 2 aromatic carbocycles. The first kappa shape index (κ1) is 19.0. The average Bonchev–Trinajstić information content (AvgIpc) is 2.44. The summed E-state index contributed by atoms with van der Waals surface area (Å²) in [7, 11) is 0. The molecular formula is C17H14Cl2FNO4. The van der Waals surface area contributed by atoms with Gasteiger partial charge in [-0.1, -0.05) is 23.2 Å². The van der Waals surface area contributed by atoms with E-state index in [4.69, 9.17) is 33.0 Å². The van der Waals surface area contributed by atoms with Crippen LogP contribution < -0.4 is 10.1 Å². The minimum atomic E-state index is -1.01. The van der Waals surface area contributed by atoms with E-state index in [0.29, 0.717) is 16.8 Å². The maximum atomic E-state index is 13.6. The Balaban J connectivity index is 2.17. The first-order chi connectivity index (χ1) is 11.7. The molecule has 2 aromatic rings. The molecule has 0 aromatic heterocycles. The van der Waals surface area contributed by atoms with Crippen LogP contribution in [0.2, 0.25) is 10.0 Å². The lowest BCUT2D eigenvalue weighted by molar-refractivity contribution is -0.136. The van der Waals surface area contributed by atoms with Crippen molar-refractivity contribution in [3.63, 3.8) is 0 Å². The molecule has 0 unspecified atom stereocenters. The molecule has 0 aliphatic rings. The summed E-state index contributed by atoms with van der Waals surface area (Å²) in [4.78, 5) is 21.8. The third-order valence-electron chi connectivity index (χ3n) is 3.07. The number of carboxylic acid groups (broad SMARTS) is 1. The Kier molecular flexibility index (Phi) is 6.22. The minimum Gasteiger partial charge on any atom is -0.486 e. The summed E-state index contributed by atoms with van der Waals surface area (Å²) < 4.78 is 19.2. The smallest absolute Gasteiger partial charge is 0.307 e. The number of rotatable bonds is 6. The molecule has 25 heavy (non-hydrogen) atoms. The van der Waals surface area contributed by atoms with Crippen molar-refractivity contribution in [3.05, 3.63) is 57.3 Å². The monoisotopic (exact) mass is 385 g/mol. The minimum absolute atomic E-state index is 0.0396. The van der Waals surface area contributed by atoms with Crippen LogP contribution in [0.5, 0.6) is 5.75 Å². The van der Waals surface area contributed by atoms with Crippen molar-refractivity contribution < 1.29 is 23.8 Å². The Morgan fingerprint density at radius 3 is 2.32 bits per heavy atom. The number of hydrogen-bond acceptors (Lipinski definition) is 3. The highest BCUT2D eigenvalue weighted by molar-refractivity contribution is 6.37. The van der Waals surface area contributed by atoms with E-state index in [2.05, 4.69) is 5.32 Å².